The molecule has 0 saturated carbocycles. The lowest BCUT2D eigenvalue weighted by Gasteiger charge is -2.17. The molecule has 0 unspecified atom stereocenters. The van der Waals surface area contributed by atoms with Gasteiger partial charge in [-0.3, -0.25) is 9.48 Å². The number of carbonyl (C=O) groups excluding carboxylic acids is 1. The summed E-state index contributed by atoms with van der Waals surface area (Å²) in [4.78, 5) is 12.6. The molecular weight excluding hydrogens is 237 g/mol. The number of carbonyl (C=O) groups is 1. The van der Waals surface area contributed by atoms with Crippen molar-refractivity contribution in [3.05, 3.63) is 11.9 Å². The number of nitrogen functional groups attached to an aromatic ring is 1. The quantitative estimate of drug-likeness (QED) is 0.871. The van der Waals surface area contributed by atoms with E-state index < -0.39 is 25.0 Å². The summed E-state index contributed by atoms with van der Waals surface area (Å²) < 4.78 is 37.3. The van der Waals surface area contributed by atoms with E-state index in [4.69, 9.17) is 5.73 Å². The molecule has 1 heterocycles. The Balaban J connectivity index is 2.67. The first-order valence-corrected chi connectivity index (χ1v) is 4.82. The van der Waals surface area contributed by atoms with Gasteiger partial charge in [0.1, 0.15) is 0 Å². The molecule has 0 atom stereocenters. The fraction of sp³-hybridized carbons (Fsp3) is 0.556. The third kappa shape index (κ3) is 3.65. The van der Waals surface area contributed by atoms with Crippen molar-refractivity contribution in [2.24, 2.45) is 7.05 Å². The van der Waals surface area contributed by atoms with Crippen LogP contribution in [0.1, 0.15) is 16.9 Å². The fourth-order valence-corrected chi connectivity index (χ4v) is 1.25. The summed E-state index contributed by atoms with van der Waals surface area (Å²) in [6, 6.07) is 0. The maximum Gasteiger partial charge on any atom is 0.390 e. The van der Waals surface area contributed by atoms with Gasteiger partial charge in [-0.1, -0.05) is 0 Å². The predicted molar refractivity (Wildman–Crippen MR) is 55.3 cm³/mol. The molecular formula is C9H13F3N4O. The lowest BCUT2D eigenvalue weighted by atomic mass is 10.3. The van der Waals surface area contributed by atoms with Crippen molar-refractivity contribution in [3.8, 4) is 0 Å². The van der Waals surface area contributed by atoms with Crippen LogP contribution in [0.2, 0.25) is 0 Å². The number of nitrogens with zero attached hydrogens (tertiary/aromatic N) is 3. The first-order chi connectivity index (χ1) is 7.70. The molecule has 0 aromatic carbocycles. The average molecular weight is 250 g/mol. The first kappa shape index (κ1) is 13.3. The van der Waals surface area contributed by atoms with Crippen molar-refractivity contribution in [1.29, 1.82) is 0 Å². The van der Waals surface area contributed by atoms with Crippen LogP contribution in [0.3, 0.4) is 0 Å². The van der Waals surface area contributed by atoms with Crippen LogP contribution in [0.4, 0.5) is 18.9 Å². The summed E-state index contributed by atoms with van der Waals surface area (Å²) in [5, 5.41) is 3.79. The second-order valence-corrected chi connectivity index (χ2v) is 3.70. The van der Waals surface area contributed by atoms with Gasteiger partial charge in [0.25, 0.3) is 5.91 Å². The van der Waals surface area contributed by atoms with Crippen LogP contribution in [0.25, 0.3) is 0 Å². The van der Waals surface area contributed by atoms with Crippen LogP contribution in [0.15, 0.2) is 6.20 Å². The van der Waals surface area contributed by atoms with Crippen LogP contribution in [0.5, 0.6) is 0 Å². The molecule has 0 aliphatic heterocycles. The van der Waals surface area contributed by atoms with Gasteiger partial charge in [0, 0.05) is 26.8 Å². The summed E-state index contributed by atoms with van der Waals surface area (Å²) >= 11 is 0. The number of aryl methyl sites for hydroxylation is 1. The summed E-state index contributed by atoms with van der Waals surface area (Å²) in [5.41, 5.74) is 5.63. The average Bonchev–Trinajstić information content (AvgIpc) is 2.52. The van der Waals surface area contributed by atoms with Crippen LogP contribution >= 0.6 is 0 Å². The molecule has 0 spiro atoms. The molecule has 0 bridgehead atoms. The number of halogens is 3. The molecule has 8 heteroatoms. The highest BCUT2D eigenvalue weighted by molar-refractivity contribution is 5.96. The van der Waals surface area contributed by atoms with Gasteiger partial charge in [-0.05, 0) is 0 Å². The molecule has 1 rings (SSSR count). The summed E-state index contributed by atoms with van der Waals surface area (Å²) in [5.74, 6) is -0.618. The molecule has 0 aliphatic rings. The number of anilines is 1. The molecule has 0 fully saturated rings. The Labute approximate surface area is 96.0 Å². The smallest absolute Gasteiger partial charge is 0.390 e. The number of hydrogen-bond acceptors (Lipinski definition) is 3. The number of amides is 1. The Morgan fingerprint density at radius 3 is 2.59 bits per heavy atom. The van der Waals surface area contributed by atoms with Crippen LogP contribution in [0, 0.1) is 0 Å². The largest absolute Gasteiger partial charge is 0.396 e. The number of nitrogens with two attached hydrogens (primary N) is 1. The van der Waals surface area contributed by atoms with Gasteiger partial charge >= 0.3 is 6.18 Å². The van der Waals surface area contributed by atoms with Crippen molar-refractivity contribution in [2.75, 3.05) is 19.3 Å². The number of rotatable bonds is 3. The van der Waals surface area contributed by atoms with Crippen molar-refractivity contribution < 1.29 is 18.0 Å². The van der Waals surface area contributed by atoms with Crippen LogP contribution < -0.4 is 5.73 Å². The Bertz CT molecular complexity index is 413. The molecule has 1 aromatic rings. The van der Waals surface area contributed by atoms with Gasteiger partial charge in [0.2, 0.25) is 0 Å². The number of alkyl halides is 3. The molecule has 0 aliphatic carbocycles. The Hall–Kier alpha value is -1.73. The van der Waals surface area contributed by atoms with Gasteiger partial charge in [-0.15, -0.1) is 0 Å². The standard InChI is InChI=1S/C9H13F3N4O/c1-15(4-3-9(10,11)12)8(17)7-6(13)5-16(2)14-7/h5H,3-4,13H2,1-2H3. The minimum absolute atomic E-state index is 0.0304. The third-order valence-corrected chi connectivity index (χ3v) is 2.14. The highest BCUT2D eigenvalue weighted by Gasteiger charge is 2.29. The molecule has 17 heavy (non-hydrogen) atoms. The topological polar surface area (TPSA) is 64.2 Å². The highest BCUT2D eigenvalue weighted by atomic mass is 19.4. The highest BCUT2D eigenvalue weighted by Crippen LogP contribution is 2.20. The van der Waals surface area contributed by atoms with Crippen molar-refractivity contribution >= 4 is 11.6 Å². The molecule has 2 N–H and O–H groups in total. The number of hydrogen-bond donors (Lipinski definition) is 1. The lowest BCUT2D eigenvalue weighted by Crippen LogP contribution is -2.31. The maximum absolute atomic E-state index is 12.0. The zero-order valence-electron chi connectivity index (χ0n) is 9.45. The molecule has 0 radical (unpaired) electrons. The zero-order chi connectivity index (χ0) is 13.2. The summed E-state index contributed by atoms with van der Waals surface area (Å²) in [6.45, 7) is -0.418. The maximum atomic E-state index is 12.0. The van der Waals surface area contributed by atoms with E-state index in [-0.39, 0.29) is 11.4 Å². The second-order valence-electron chi connectivity index (χ2n) is 3.70. The van der Waals surface area contributed by atoms with E-state index in [9.17, 15) is 18.0 Å². The van der Waals surface area contributed by atoms with E-state index in [0.717, 1.165) is 4.90 Å². The van der Waals surface area contributed by atoms with E-state index >= 15 is 0 Å². The minimum atomic E-state index is -4.29. The molecule has 96 valence electrons. The van der Waals surface area contributed by atoms with Crippen molar-refractivity contribution in [3.63, 3.8) is 0 Å². The Morgan fingerprint density at radius 2 is 2.18 bits per heavy atom. The Kier molecular flexibility index (Phi) is 3.64. The first-order valence-electron chi connectivity index (χ1n) is 4.82. The SMILES string of the molecule is CN(CCC(F)(F)F)C(=O)c1nn(C)cc1N. The van der Waals surface area contributed by atoms with Crippen LogP contribution in [-0.4, -0.2) is 40.4 Å². The molecule has 1 aromatic heterocycles. The Morgan fingerprint density at radius 1 is 1.59 bits per heavy atom. The van der Waals surface area contributed by atoms with E-state index in [1.165, 1.54) is 17.9 Å². The van der Waals surface area contributed by atoms with Gasteiger partial charge < -0.3 is 10.6 Å². The molecule has 5 nitrogen and oxygen atoms in total. The molecule has 0 saturated heterocycles. The fourth-order valence-electron chi connectivity index (χ4n) is 1.25. The molecule has 1 amide bonds. The number of aromatic nitrogens is 2. The summed E-state index contributed by atoms with van der Waals surface area (Å²) in [6.07, 6.45) is -3.92. The summed E-state index contributed by atoms with van der Waals surface area (Å²) in [7, 11) is 2.85. The minimum Gasteiger partial charge on any atom is -0.396 e. The van der Waals surface area contributed by atoms with Gasteiger partial charge in [0.05, 0.1) is 12.1 Å². The van der Waals surface area contributed by atoms with Gasteiger partial charge in [0.15, 0.2) is 5.69 Å². The normalized spacial score (nSPS) is 11.6. The van der Waals surface area contributed by atoms with Gasteiger partial charge in [-0.2, -0.15) is 18.3 Å². The van der Waals surface area contributed by atoms with E-state index in [1.54, 1.807) is 7.05 Å². The third-order valence-electron chi connectivity index (χ3n) is 2.14. The van der Waals surface area contributed by atoms with Crippen LogP contribution in [-0.2, 0) is 7.05 Å². The monoisotopic (exact) mass is 250 g/mol. The predicted octanol–water partition coefficient (Wildman–Crippen LogP) is 1.03. The lowest BCUT2D eigenvalue weighted by molar-refractivity contribution is -0.136. The second kappa shape index (κ2) is 4.64. The van der Waals surface area contributed by atoms with Gasteiger partial charge in [-0.25, -0.2) is 0 Å². The zero-order valence-corrected chi connectivity index (χ0v) is 9.45. The van der Waals surface area contributed by atoms with Crippen molar-refractivity contribution in [2.45, 2.75) is 12.6 Å². The van der Waals surface area contributed by atoms with E-state index in [2.05, 4.69) is 5.10 Å². The van der Waals surface area contributed by atoms with E-state index in [1.807, 2.05) is 0 Å². The van der Waals surface area contributed by atoms with Crippen molar-refractivity contribution in [1.82, 2.24) is 14.7 Å². The van der Waals surface area contributed by atoms with E-state index in [0.29, 0.717) is 0 Å².